The molecule has 3 aromatic carbocycles. The lowest BCUT2D eigenvalue weighted by molar-refractivity contribution is 0.339. The van der Waals surface area contributed by atoms with Crippen molar-refractivity contribution >= 4 is 11.8 Å². The van der Waals surface area contributed by atoms with Crippen molar-refractivity contribution in [3.8, 4) is 28.0 Å². The number of aromatic hydroxyl groups is 1. The second-order valence-electron chi connectivity index (χ2n) is 9.20. The van der Waals surface area contributed by atoms with Crippen LogP contribution in [0.5, 0.6) is 5.75 Å². The molecule has 1 nitrogen and oxygen atoms in total. The summed E-state index contributed by atoms with van der Waals surface area (Å²) >= 11 is 1.89. The van der Waals surface area contributed by atoms with Crippen molar-refractivity contribution in [1.82, 2.24) is 0 Å². The highest BCUT2D eigenvalue weighted by Crippen LogP contribution is 2.46. The molecule has 2 heteroatoms. The molecule has 0 saturated heterocycles. The Labute approximate surface area is 173 Å². The zero-order valence-electron chi connectivity index (χ0n) is 17.5. The monoisotopic (exact) mass is 390 g/mol. The highest BCUT2D eigenvalue weighted by atomic mass is 32.2. The van der Waals surface area contributed by atoms with Crippen molar-refractivity contribution < 1.29 is 5.11 Å². The highest BCUT2D eigenvalue weighted by molar-refractivity contribution is 8.00. The third-order valence-electron chi connectivity index (χ3n) is 4.60. The van der Waals surface area contributed by atoms with E-state index in [2.05, 4.69) is 71.0 Å². The molecule has 0 bridgehead atoms. The van der Waals surface area contributed by atoms with Crippen LogP contribution in [-0.4, -0.2) is 9.85 Å². The van der Waals surface area contributed by atoms with Gasteiger partial charge in [-0.15, -0.1) is 11.8 Å². The predicted molar refractivity (Wildman–Crippen MR) is 123 cm³/mol. The lowest BCUT2D eigenvalue weighted by Gasteiger charge is -2.32. The van der Waals surface area contributed by atoms with Gasteiger partial charge in [-0.3, -0.25) is 0 Å². The van der Waals surface area contributed by atoms with Crippen LogP contribution in [0.1, 0.15) is 41.0 Å². The molecule has 146 valence electrons. The van der Waals surface area contributed by atoms with Crippen LogP contribution in [0.15, 0.2) is 77.7 Å². The molecule has 0 amide bonds. The molecule has 0 heterocycles. The molecule has 3 rings (SSSR count). The first-order valence-electron chi connectivity index (χ1n) is 9.82. The average molecular weight is 391 g/mol. The van der Waals surface area contributed by atoms with Crippen LogP contribution in [0.4, 0.5) is 0 Å². The van der Waals surface area contributed by atoms with Crippen LogP contribution in [0.3, 0.4) is 0 Å². The van der Waals surface area contributed by atoms with Crippen LogP contribution < -0.4 is 0 Å². The molecule has 0 aliphatic heterocycles. The smallest absolute Gasteiger partial charge is 0.131 e. The van der Waals surface area contributed by atoms with Gasteiger partial charge in [0.25, 0.3) is 0 Å². The van der Waals surface area contributed by atoms with Crippen molar-refractivity contribution in [2.24, 2.45) is 5.41 Å². The van der Waals surface area contributed by atoms with Gasteiger partial charge in [0.05, 0.1) is 0 Å². The second-order valence-corrected chi connectivity index (χ2v) is 11.0. The van der Waals surface area contributed by atoms with E-state index in [0.717, 1.165) is 28.7 Å². The third kappa shape index (κ3) is 5.20. The molecule has 3 aromatic rings. The van der Waals surface area contributed by atoms with Gasteiger partial charge in [0.1, 0.15) is 5.75 Å². The minimum atomic E-state index is 0.0944. The quantitative estimate of drug-likeness (QED) is 0.445. The van der Waals surface area contributed by atoms with E-state index < -0.39 is 0 Å². The van der Waals surface area contributed by atoms with E-state index in [-0.39, 0.29) is 10.2 Å². The number of benzene rings is 3. The minimum absolute atomic E-state index is 0.0944. The van der Waals surface area contributed by atoms with E-state index in [4.69, 9.17) is 0 Å². The molecule has 0 spiro atoms. The zero-order valence-corrected chi connectivity index (χ0v) is 18.3. The summed E-state index contributed by atoms with van der Waals surface area (Å²) in [5, 5.41) is 11.1. The van der Waals surface area contributed by atoms with Crippen molar-refractivity contribution in [2.75, 3.05) is 0 Å². The Morgan fingerprint density at radius 1 is 0.714 bits per heavy atom. The van der Waals surface area contributed by atoms with Crippen LogP contribution in [-0.2, 0) is 0 Å². The number of phenols is 1. The molecule has 28 heavy (non-hydrogen) atoms. The standard InChI is InChI=1S/C26H30OS/c1-25(2,3)18-26(4,5)28-21-16-22(19-12-8-6-9-13-19)24(27)23(17-21)20-14-10-7-11-15-20/h6-17,27H,18H2,1-5H3. The number of phenolic OH excluding ortho intramolecular Hbond substituents is 1. The van der Waals surface area contributed by atoms with E-state index in [0.29, 0.717) is 5.75 Å². The summed E-state index contributed by atoms with van der Waals surface area (Å²) in [6, 6.07) is 24.5. The second kappa shape index (κ2) is 8.05. The van der Waals surface area contributed by atoms with Crippen molar-refractivity contribution in [1.29, 1.82) is 0 Å². The number of hydrogen-bond acceptors (Lipinski definition) is 2. The Bertz CT molecular complexity index is 861. The van der Waals surface area contributed by atoms with E-state index >= 15 is 0 Å². The van der Waals surface area contributed by atoms with Gasteiger partial charge in [0.15, 0.2) is 0 Å². The molecular weight excluding hydrogens is 360 g/mol. The van der Waals surface area contributed by atoms with Crippen molar-refractivity contribution in [3.05, 3.63) is 72.8 Å². The van der Waals surface area contributed by atoms with Gasteiger partial charge in [-0.25, -0.2) is 0 Å². The Morgan fingerprint density at radius 3 is 1.54 bits per heavy atom. The van der Waals surface area contributed by atoms with E-state index in [1.807, 2.05) is 48.2 Å². The maximum Gasteiger partial charge on any atom is 0.131 e. The zero-order chi connectivity index (χ0) is 20.4. The van der Waals surface area contributed by atoms with Gasteiger partial charge in [-0.2, -0.15) is 0 Å². The maximum absolute atomic E-state index is 11.1. The van der Waals surface area contributed by atoms with Gasteiger partial charge in [0.2, 0.25) is 0 Å². The molecule has 0 saturated carbocycles. The van der Waals surface area contributed by atoms with E-state index in [1.54, 1.807) is 0 Å². The summed E-state index contributed by atoms with van der Waals surface area (Å²) in [7, 11) is 0. The molecule has 0 fully saturated rings. The lowest BCUT2D eigenvalue weighted by Crippen LogP contribution is -2.23. The van der Waals surface area contributed by atoms with Crippen LogP contribution >= 0.6 is 11.8 Å². The topological polar surface area (TPSA) is 20.2 Å². The number of hydrogen-bond donors (Lipinski definition) is 1. The Morgan fingerprint density at radius 2 is 1.14 bits per heavy atom. The summed E-state index contributed by atoms with van der Waals surface area (Å²) in [5.41, 5.74) is 4.10. The minimum Gasteiger partial charge on any atom is -0.507 e. The molecule has 0 aliphatic carbocycles. The predicted octanol–water partition coefficient (Wildman–Crippen LogP) is 8.03. The molecular formula is C26H30OS. The summed E-state index contributed by atoms with van der Waals surface area (Å²) in [4.78, 5) is 1.18. The maximum atomic E-state index is 11.1. The summed E-state index contributed by atoms with van der Waals surface area (Å²) in [6.45, 7) is 11.5. The Kier molecular flexibility index (Phi) is 5.90. The van der Waals surface area contributed by atoms with Crippen molar-refractivity contribution in [3.63, 3.8) is 0 Å². The van der Waals surface area contributed by atoms with Crippen LogP contribution in [0, 0.1) is 5.41 Å². The Hall–Kier alpha value is -2.19. The molecule has 0 aromatic heterocycles. The first kappa shape index (κ1) is 20.5. The fourth-order valence-electron chi connectivity index (χ4n) is 3.97. The molecule has 0 unspecified atom stereocenters. The highest BCUT2D eigenvalue weighted by Gasteiger charge is 2.27. The summed E-state index contributed by atoms with van der Waals surface area (Å²) in [5.74, 6) is 0.343. The summed E-state index contributed by atoms with van der Waals surface area (Å²) < 4.78 is 0.0944. The molecule has 0 atom stereocenters. The van der Waals surface area contributed by atoms with Crippen molar-refractivity contribution in [2.45, 2.75) is 50.7 Å². The number of thioether (sulfide) groups is 1. The fraction of sp³-hybridized carbons (Fsp3) is 0.308. The first-order chi connectivity index (χ1) is 13.1. The SMILES string of the molecule is CC(C)(C)CC(C)(C)Sc1cc(-c2ccccc2)c(O)c(-c2ccccc2)c1. The molecule has 0 radical (unpaired) electrons. The van der Waals surface area contributed by atoms with Gasteiger partial charge >= 0.3 is 0 Å². The first-order valence-corrected chi connectivity index (χ1v) is 10.6. The van der Waals surface area contributed by atoms with E-state index in [1.165, 1.54) is 4.90 Å². The van der Waals surface area contributed by atoms with Gasteiger partial charge in [-0.1, -0.05) is 95.3 Å². The Balaban J connectivity index is 2.10. The third-order valence-corrected chi connectivity index (χ3v) is 5.77. The largest absolute Gasteiger partial charge is 0.507 e. The summed E-state index contributed by atoms with van der Waals surface area (Å²) in [6.07, 6.45) is 1.10. The fourth-order valence-corrected chi connectivity index (χ4v) is 5.47. The van der Waals surface area contributed by atoms with Gasteiger partial charge in [-0.05, 0) is 35.1 Å². The average Bonchev–Trinajstić information content (AvgIpc) is 2.62. The normalized spacial score (nSPS) is 12.2. The lowest BCUT2D eigenvalue weighted by atomic mass is 9.86. The number of rotatable bonds is 5. The van der Waals surface area contributed by atoms with E-state index in [9.17, 15) is 5.11 Å². The van der Waals surface area contributed by atoms with Crippen LogP contribution in [0.25, 0.3) is 22.3 Å². The van der Waals surface area contributed by atoms with Gasteiger partial charge in [0, 0.05) is 20.8 Å². The molecule has 1 N–H and O–H groups in total. The van der Waals surface area contributed by atoms with Crippen LogP contribution in [0.2, 0.25) is 0 Å². The van der Waals surface area contributed by atoms with Gasteiger partial charge < -0.3 is 5.11 Å². The molecule has 0 aliphatic rings.